The lowest BCUT2D eigenvalue weighted by Crippen LogP contribution is -2.40. The van der Waals surface area contributed by atoms with Crippen molar-refractivity contribution in [2.45, 2.75) is 38.5 Å². The summed E-state index contributed by atoms with van der Waals surface area (Å²) in [5, 5.41) is 15.1. The van der Waals surface area contributed by atoms with Crippen LogP contribution in [0.1, 0.15) is 41.9 Å². The summed E-state index contributed by atoms with van der Waals surface area (Å²) in [5.74, 6) is -1.54. The van der Waals surface area contributed by atoms with Gasteiger partial charge in [-0.2, -0.15) is 0 Å². The highest BCUT2D eigenvalue weighted by Crippen LogP contribution is 2.27. The molecule has 43 heavy (non-hydrogen) atoms. The Kier molecular flexibility index (Phi) is 10.7. The minimum absolute atomic E-state index is 0.0155. The maximum Gasteiger partial charge on any atom is 0.323 e. The summed E-state index contributed by atoms with van der Waals surface area (Å²) in [7, 11) is 1.53. The number of urea groups is 1. The van der Waals surface area contributed by atoms with Crippen molar-refractivity contribution in [1.82, 2.24) is 9.80 Å². The molecule has 226 valence electrons. The van der Waals surface area contributed by atoms with Crippen LogP contribution in [0.15, 0.2) is 72.8 Å². The number of carboxylic acids is 1. The third kappa shape index (κ3) is 8.57. The first-order valence-corrected chi connectivity index (χ1v) is 14.4. The van der Waals surface area contributed by atoms with E-state index < -0.39 is 11.9 Å². The summed E-state index contributed by atoms with van der Waals surface area (Å²) in [6.45, 7) is 3.65. The number of carbonyl (C=O) groups excluding carboxylic acids is 3. The molecule has 1 unspecified atom stereocenters. The molecule has 3 N–H and O–H groups in total. The second kappa shape index (κ2) is 14.9. The first-order chi connectivity index (χ1) is 20.7. The largest absolute Gasteiger partial charge is 0.495 e. The van der Waals surface area contributed by atoms with Gasteiger partial charge in [-0.1, -0.05) is 54.6 Å². The fourth-order valence-corrected chi connectivity index (χ4v) is 5.21. The van der Waals surface area contributed by atoms with Crippen LogP contribution >= 0.6 is 0 Å². The number of nitrogens with zero attached hydrogens (tertiary/aromatic N) is 2. The van der Waals surface area contributed by atoms with Crippen molar-refractivity contribution in [1.29, 1.82) is 0 Å². The SMILES string of the molecule is COc1cc(CCC(=O)N2CCCN(C(=O)C(CC(=O)O)c3ccccc3)CC2)ccc1NC(=O)Nc1ccccc1C. The Balaban J connectivity index is 1.31. The van der Waals surface area contributed by atoms with Crippen LogP contribution in [0.5, 0.6) is 5.75 Å². The van der Waals surface area contributed by atoms with Crippen LogP contribution in [0.3, 0.4) is 0 Å². The van der Waals surface area contributed by atoms with E-state index in [1.54, 1.807) is 40.1 Å². The van der Waals surface area contributed by atoms with Crippen LogP contribution in [0.4, 0.5) is 16.2 Å². The third-order valence-corrected chi connectivity index (χ3v) is 7.57. The Morgan fingerprint density at radius 1 is 0.860 bits per heavy atom. The fourth-order valence-electron chi connectivity index (χ4n) is 5.21. The minimum Gasteiger partial charge on any atom is -0.495 e. The Morgan fingerprint density at radius 3 is 2.26 bits per heavy atom. The van der Waals surface area contributed by atoms with Crippen molar-refractivity contribution in [2.24, 2.45) is 0 Å². The molecule has 0 spiro atoms. The van der Waals surface area contributed by atoms with Crippen LogP contribution in [0.25, 0.3) is 0 Å². The monoisotopic (exact) mass is 586 g/mol. The van der Waals surface area contributed by atoms with Crippen molar-refractivity contribution in [3.63, 3.8) is 0 Å². The van der Waals surface area contributed by atoms with Crippen LogP contribution in [0.2, 0.25) is 0 Å². The molecular weight excluding hydrogens is 548 g/mol. The van der Waals surface area contributed by atoms with E-state index in [0.29, 0.717) is 61.7 Å². The molecule has 0 bridgehead atoms. The van der Waals surface area contributed by atoms with Gasteiger partial charge >= 0.3 is 12.0 Å². The number of para-hydroxylation sites is 1. The number of ether oxygens (including phenoxy) is 1. The maximum absolute atomic E-state index is 13.4. The highest BCUT2D eigenvalue weighted by molar-refractivity contribution is 6.01. The van der Waals surface area contributed by atoms with Crippen molar-refractivity contribution < 1.29 is 29.0 Å². The molecule has 3 aromatic rings. The molecule has 1 aliphatic rings. The molecule has 1 saturated heterocycles. The first kappa shape index (κ1) is 31.1. The van der Waals surface area contributed by atoms with Crippen molar-refractivity contribution in [3.05, 3.63) is 89.5 Å². The van der Waals surface area contributed by atoms with Crippen molar-refractivity contribution in [2.75, 3.05) is 43.9 Å². The topological polar surface area (TPSA) is 128 Å². The second-order valence-corrected chi connectivity index (χ2v) is 10.5. The van der Waals surface area contributed by atoms with Gasteiger partial charge in [0.15, 0.2) is 0 Å². The Bertz CT molecular complexity index is 1440. The summed E-state index contributed by atoms with van der Waals surface area (Å²) < 4.78 is 5.50. The zero-order chi connectivity index (χ0) is 30.8. The summed E-state index contributed by atoms with van der Waals surface area (Å²) in [6.07, 6.45) is 1.10. The molecule has 1 fully saturated rings. The van der Waals surface area contributed by atoms with E-state index in [2.05, 4.69) is 10.6 Å². The molecule has 1 atom stereocenters. The highest BCUT2D eigenvalue weighted by atomic mass is 16.5. The lowest BCUT2D eigenvalue weighted by atomic mass is 9.94. The number of methoxy groups -OCH3 is 1. The maximum atomic E-state index is 13.4. The Morgan fingerprint density at radius 2 is 1.53 bits per heavy atom. The van der Waals surface area contributed by atoms with Gasteiger partial charge in [0.2, 0.25) is 11.8 Å². The number of hydrogen-bond donors (Lipinski definition) is 3. The van der Waals surface area contributed by atoms with E-state index >= 15 is 0 Å². The number of benzene rings is 3. The zero-order valence-electron chi connectivity index (χ0n) is 24.5. The van der Waals surface area contributed by atoms with E-state index in [1.165, 1.54) is 7.11 Å². The summed E-state index contributed by atoms with van der Waals surface area (Å²) in [6, 6.07) is 21.5. The molecule has 0 aliphatic carbocycles. The second-order valence-electron chi connectivity index (χ2n) is 10.5. The van der Waals surface area contributed by atoms with Gasteiger partial charge in [0.05, 0.1) is 25.1 Å². The molecule has 4 rings (SSSR count). The summed E-state index contributed by atoms with van der Waals surface area (Å²) in [4.78, 5) is 54.0. The predicted molar refractivity (Wildman–Crippen MR) is 164 cm³/mol. The molecule has 10 nitrogen and oxygen atoms in total. The third-order valence-electron chi connectivity index (χ3n) is 7.57. The zero-order valence-corrected chi connectivity index (χ0v) is 24.5. The van der Waals surface area contributed by atoms with Crippen LogP contribution in [-0.4, -0.2) is 72.0 Å². The first-order valence-electron chi connectivity index (χ1n) is 14.4. The van der Waals surface area contributed by atoms with E-state index in [9.17, 15) is 24.3 Å². The van der Waals surface area contributed by atoms with Gasteiger partial charge in [-0.3, -0.25) is 14.4 Å². The van der Waals surface area contributed by atoms with E-state index in [4.69, 9.17) is 4.74 Å². The standard InChI is InChI=1S/C33H38N4O6/c1-23-9-6-7-12-27(23)34-33(42)35-28-15-13-24(21-29(28)43-2)14-16-30(38)36-17-8-18-37(20-19-36)32(41)26(22-31(39)40)25-10-4-3-5-11-25/h3-7,9-13,15,21,26H,8,14,16-20,22H2,1-2H3,(H,39,40)(H2,34,35,42). The number of anilines is 2. The minimum atomic E-state index is -1.03. The van der Waals surface area contributed by atoms with Gasteiger partial charge < -0.3 is 30.3 Å². The number of aryl methyl sites for hydroxylation is 2. The number of carboxylic acid groups (broad SMARTS) is 1. The molecule has 3 aromatic carbocycles. The smallest absolute Gasteiger partial charge is 0.323 e. The molecule has 1 aliphatic heterocycles. The van der Waals surface area contributed by atoms with Gasteiger partial charge in [-0.25, -0.2) is 4.79 Å². The molecule has 0 aromatic heterocycles. The predicted octanol–water partition coefficient (Wildman–Crippen LogP) is 4.90. The van der Waals surface area contributed by atoms with Crippen molar-refractivity contribution >= 4 is 35.2 Å². The number of hydrogen-bond acceptors (Lipinski definition) is 5. The van der Waals surface area contributed by atoms with Crippen LogP contribution in [-0.2, 0) is 20.8 Å². The number of carbonyl (C=O) groups is 4. The number of nitrogens with one attached hydrogen (secondary N) is 2. The fraction of sp³-hybridized carbons (Fsp3) is 0.333. The molecular formula is C33H38N4O6. The molecule has 1 heterocycles. The average molecular weight is 587 g/mol. The van der Waals surface area contributed by atoms with Gasteiger partial charge in [-0.15, -0.1) is 0 Å². The molecule has 0 radical (unpaired) electrons. The van der Waals surface area contributed by atoms with Gasteiger partial charge in [0.25, 0.3) is 0 Å². The lowest BCUT2D eigenvalue weighted by molar-refractivity contribution is -0.142. The summed E-state index contributed by atoms with van der Waals surface area (Å²) >= 11 is 0. The molecule has 10 heteroatoms. The van der Waals surface area contributed by atoms with Gasteiger partial charge in [0, 0.05) is 38.3 Å². The quantitative estimate of drug-likeness (QED) is 0.310. The lowest BCUT2D eigenvalue weighted by Gasteiger charge is -2.26. The number of amides is 4. The highest BCUT2D eigenvalue weighted by Gasteiger charge is 2.30. The Labute approximate surface area is 251 Å². The normalized spacial score (nSPS) is 13.9. The Hall–Kier alpha value is -4.86. The van der Waals surface area contributed by atoms with Crippen LogP contribution < -0.4 is 15.4 Å². The average Bonchev–Trinajstić information content (AvgIpc) is 3.27. The van der Waals surface area contributed by atoms with Crippen LogP contribution in [0, 0.1) is 6.92 Å². The van der Waals surface area contributed by atoms with Gasteiger partial charge in [0.1, 0.15) is 5.75 Å². The van der Waals surface area contributed by atoms with Crippen molar-refractivity contribution in [3.8, 4) is 5.75 Å². The van der Waals surface area contributed by atoms with E-state index in [0.717, 1.165) is 11.1 Å². The summed E-state index contributed by atoms with van der Waals surface area (Å²) in [5.41, 5.74) is 3.74. The van der Waals surface area contributed by atoms with Gasteiger partial charge in [-0.05, 0) is 54.7 Å². The number of aliphatic carboxylic acids is 1. The van der Waals surface area contributed by atoms with E-state index in [1.807, 2.05) is 49.4 Å². The van der Waals surface area contributed by atoms with E-state index in [-0.39, 0.29) is 30.7 Å². The molecule has 0 saturated carbocycles. The number of rotatable bonds is 10. The molecule has 4 amide bonds.